The molecule has 0 radical (unpaired) electrons. The van der Waals surface area contributed by atoms with Crippen molar-refractivity contribution in [1.82, 2.24) is 10.3 Å². The Hall–Kier alpha value is -1.09. The van der Waals surface area contributed by atoms with Crippen LogP contribution in [0.5, 0.6) is 0 Å². The lowest BCUT2D eigenvalue weighted by Gasteiger charge is -2.22. The van der Waals surface area contributed by atoms with E-state index in [1.54, 1.807) is 0 Å². The molecule has 0 aromatic carbocycles. The minimum absolute atomic E-state index is 0.414. The number of aromatic nitrogens is 1. The maximum absolute atomic E-state index is 5.63. The molecule has 0 amide bonds. The Morgan fingerprint density at radius 2 is 2.31 bits per heavy atom. The Morgan fingerprint density at radius 3 is 3.00 bits per heavy atom. The predicted molar refractivity (Wildman–Crippen MR) is 53.2 cm³/mol. The summed E-state index contributed by atoms with van der Waals surface area (Å²) in [6.45, 7) is 1.10. The van der Waals surface area contributed by atoms with E-state index in [0.717, 1.165) is 12.2 Å². The Kier molecular flexibility index (Phi) is 2.45. The molecule has 2 rings (SSSR count). The molecule has 2 heterocycles. The van der Waals surface area contributed by atoms with Gasteiger partial charge in [0.25, 0.3) is 0 Å². The van der Waals surface area contributed by atoms with Crippen molar-refractivity contribution in [2.75, 3.05) is 12.3 Å². The van der Waals surface area contributed by atoms with Gasteiger partial charge in [-0.15, -0.1) is 0 Å². The van der Waals surface area contributed by atoms with E-state index in [1.807, 2.05) is 18.2 Å². The Bertz CT molecular complexity index is 279. The Balaban J connectivity index is 2.14. The van der Waals surface area contributed by atoms with Gasteiger partial charge in [-0.1, -0.05) is 12.5 Å². The number of piperidine rings is 1. The molecule has 13 heavy (non-hydrogen) atoms. The van der Waals surface area contributed by atoms with Crippen molar-refractivity contribution in [3.05, 3.63) is 23.9 Å². The number of pyridine rings is 1. The lowest BCUT2D eigenvalue weighted by Crippen LogP contribution is -2.27. The smallest absolute Gasteiger partial charge is 0.123 e. The van der Waals surface area contributed by atoms with Crippen LogP contribution in [0.25, 0.3) is 0 Å². The fourth-order valence-electron chi connectivity index (χ4n) is 1.77. The summed E-state index contributed by atoms with van der Waals surface area (Å²) in [5.41, 5.74) is 6.71. The zero-order valence-electron chi connectivity index (χ0n) is 7.66. The van der Waals surface area contributed by atoms with Gasteiger partial charge in [0.2, 0.25) is 0 Å². The van der Waals surface area contributed by atoms with Crippen LogP contribution < -0.4 is 11.1 Å². The highest BCUT2D eigenvalue weighted by atomic mass is 15.0. The van der Waals surface area contributed by atoms with Gasteiger partial charge in [0, 0.05) is 6.04 Å². The van der Waals surface area contributed by atoms with Gasteiger partial charge in [-0.3, -0.25) is 0 Å². The SMILES string of the molecule is Nc1cccc([C@@H]2CCCCN2)n1. The molecule has 1 aliphatic heterocycles. The van der Waals surface area contributed by atoms with E-state index in [9.17, 15) is 0 Å². The number of nitrogens with one attached hydrogen (secondary N) is 1. The van der Waals surface area contributed by atoms with E-state index in [1.165, 1.54) is 19.3 Å². The largest absolute Gasteiger partial charge is 0.384 e. The standard InChI is InChI=1S/C10H15N3/c11-10-6-3-5-9(13-10)8-4-1-2-7-12-8/h3,5-6,8,12H,1-2,4,7H2,(H2,11,13)/t8-/m0/s1. The number of hydrogen-bond donors (Lipinski definition) is 2. The summed E-state index contributed by atoms with van der Waals surface area (Å²) in [6.07, 6.45) is 3.74. The van der Waals surface area contributed by atoms with Crippen molar-refractivity contribution < 1.29 is 0 Å². The number of nitrogen functional groups attached to an aromatic ring is 1. The zero-order valence-corrected chi connectivity index (χ0v) is 7.66. The summed E-state index contributed by atoms with van der Waals surface area (Å²) in [5, 5.41) is 3.44. The van der Waals surface area contributed by atoms with Crippen molar-refractivity contribution in [2.45, 2.75) is 25.3 Å². The van der Waals surface area contributed by atoms with Gasteiger partial charge in [0.1, 0.15) is 5.82 Å². The van der Waals surface area contributed by atoms with Crippen molar-refractivity contribution in [3.8, 4) is 0 Å². The molecule has 1 aliphatic rings. The van der Waals surface area contributed by atoms with Gasteiger partial charge in [-0.05, 0) is 31.5 Å². The van der Waals surface area contributed by atoms with Gasteiger partial charge in [-0.2, -0.15) is 0 Å². The van der Waals surface area contributed by atoms with E-state index < -0.39 is 0 Å². The summed E-state index contributed by atoms with van der Waals surface area (Å²) in [6, 6.07) is 6.25. The lowest BCUT2D eigenvalue weighted by molar-refractivity contribution is 0.405. The first-order chi connectivity index (χ1) is 6.36. The average molecular weight is 177 g/mol. The fourth-order valence-corrected chi connectivity index (χ4v) is 1.77. The number of anilines is 1. The molecule has 0 bridgehead atoms. The molecule has 0 saturated carbocycles. The molecule has 1 atom stereocenters. The van der Waals surface area contributed by atoms with Crippen LogP contribution in [0.3, 0.4) is 0 Å². The van der Waals surface area contributed by atoms with Gasteiger partial charge in [0.15, 0.2) is 0 Å². The van der Waals surface area contributed by atoms with Crippen LogP contribution in [0.4, 0.5) is 5.82 Å². The molecule has 1 saturated heterocycles. The van der Waals surface area contributed by atoms with Crippen molar-refractivity contribution in [2.24, 2.45) is 0 Å². The highest BCUT2D eigenvalue weighted by Crippen LogP contribution is 2.21. The topological polar surface area (TPSA) is 50.9 Å². The average Bonchev–Trinajstić information content (AvgIpc) is 2.19. The van der Waals surface area contributed by atoms with Crippen LogP contribution in [-0.4, -0.2) is 11.5 Å². The summed E-state index contributed by atoms with van der Waals surface area (Å²) in [5.74, 6) is 0.616. The minimum Gasteiger partial charge on any atom is -0.384 e. The monoisotopic (exact) mass is 177 g/mol. The molecule has 3 N–H and O–H groups in total. The zero-order chi connectivity index (χ0) is 9.10. The van der Waals surface area contributed by atoms with Crippen LogP contribution >= 0.6 is 0 Å². The first kappa shape index (κ1) is 8.51. The van der Waals surface area contributed by atoms with E-state index >= 15 is 0 Å². The third kappa shape index (κ3) is 1.98. The normalized spacial score (nSPS) is 22.9. The molecular weight excluding hydrogens is 162 g/mol. The van der Waals surface area contributed by atoms with Crippen molar-refractivity contribution in [1.29, 1.82) is 0 Å². The molecule has 1 aromatic heterocycles. The van der Waals surface area contributed by atoms with E-state index in [-0.39, 0.29) is 0 Å². The summed E-state index contributed by atoms with van der Waals surface area (Å²) in [7, 11) is 0. The predicted octanol–water partition coefficient (Wildman–Crippen LogP) is 1.48. The minimum atomic E-state index is 0.414. The summed E-state index contributed by atoms with van der Waals surface area (Å²) >= 11 is 0. The maximum atomic E-state index is 5.63. The quantitative estimate of drug-likeness (QED) is 0.683. The fraction of sp³-hybridized carbons (Fsp3) is 0.500. The maximum Gasteiger partial charge on any atom is 0.123 e. The molecular formula is C10H15N3. The highest BCUT2D eigenvalue weighted by molar-refractivity contribution is 5.29. The lowest BCUT2D eigenvalue weighted by atomic mass is 10.0. The third-order valence-electron chi connectivity index (χ3n) is 2.46. The Labute approximate surface area is 78.4 Å². The van der Waals surface area contributed by atoms with Gasteiger partial charge < -0.3 is 11.1 Å². The first-order valence-electron chi connectivity index (χ1n) is 4.82. The molecule has 3 nitrogen and oxygen atoms in total. The first-order valence-corrected chi connectivity index (χ1v) is 4.82. The van der Waals surface area contributed by atoms with Crippen LogP contribution in [0.1, 0.15) is 31.0 Å². The van der Waals surface area contributed by atoms with E-state index in [2.05, 4.69) is 10.3 Å². The van der Waals surface area contributed by atoms with E-state index in [0.29, 0.717) is 11.9 Å². The second-order valence-electron chi connectivity index (χ2n) is 3.49. The third-order valence-corrected chi connectivity index (χ3v) is 2.46. The van der Waals surface area contributed by atoms with Gasteiger partial charge in [0.05, 0.1) is 5.69 Å². The Morgan fingerprint density at radius 1 is 1.38 bits per heavy atom. The van der Waals surface area contributed by atoms with Crippen LogP contribution in [-0.2, 0) is 0 Å². The van der Waals surface area contributed by atoms with Crippen molar-refractivity contribution >= 4 is 5.82 Å². The number of rotatable bonds is 1. The molecule has 3 heteroatoms. The van der Waals surface area contributed by atoms with Crippen LogP contribution in [0.15, 0.2) is 18.2 Å². The molecule has 1 aromatic rings. The number of nitrogens with zero attached hydrogens (tertiary/aromatic N) is 1. The van der Waals surface area contributed by atoms with Gasteiger partial charge >= 0.3 is 0 Å². The van der Waals surface area contributed by atoms with Gasteiger partial charge in [-0.25, -0.2) is 4.98 Å². The molecule has 1 fully saturated rings. The molecule has 70 valence electrons. The van der Waals surface area contributed by atoms with E-state index in [4.69, 9.17) is 5.73 Å². The molecule has 0 spiro atoms. The highest BCUT2D eigenvalue weighted by Gasteiger charge is 2.15. The second-order valence-corrected chi connectivity index (χ2v) is 3.49. The molecule has 0 unspecified atom stereocenters. The summed E-state index contributed by atoms with van der Waals surface area (Å²) < 4.78 is 0. The summed E-state index contributed by atoms with van der Waals surface area (Å²) in [4.78, 5) is 4.31. The number of hydrogen-bond acceptors (Lipinski definition) is 3. The second kappa shape index (κ2) is 3.75. The van der Waals surface area contributed by atoms with Crippen LogP contribution in [0.2, 0.25) is 0 Å². The number of nitrogens with two attached hydrogens (primary N) is 1. The van der Waals surface area contributed by atoms with Crippen LogP contribution in [0, 0.1) is 0 Å². The van der Waals surface area contributed by atoms with Crippen molar-refractivity contribution in [3.63, 3.8) is 0 Å². The molecule has 0 aliphatic carbocycles.